The highest BCUT2D eigenvalue weighted by Gasteiger charge is 2.07. The van der Waals surface area contributed by atoms with E-state index in [9.17, 15) is 0 Å². The monoisotopic (exact) mass is 197 g/mol. The summed E-state index contributed by atoms with van der Waals surface area (Å²) in [5.41, 5.74) is 5.42. The number of nitrogens with zero attached hydrogens (tertiary/aromatic N) is 4. The molecule has 5 nitrogen and oxygen atoms in total. The van der Waals surface area contributed by atoms with Crippen LogP contribution in [0.4, 0.5) is 0 Å². The van der Waals surface area contributed by atoms with Crippen LogP contribution in [0.3, 0.4) is 0 Å². The van der Waals surface area contributed by atoms with Crippen molar-refractivity contribution in [3.8, 4) is 0 Å². The molecule has 0 aliphatic carbocycles. The summed E-state index contributed by atoms with van der Waals surface area (Å²) in [7, 11) is 0. The third-order valence-corrected chi connectivity index (χ3v) is 2.74. The molecule has 0 aliphatic heterocycles. The largest absolute Gasteiger partial charge is 0.330 e. The molecule has 0 saturated heterocycles. The Morgan fingerprint density at radius 3 is 3.00 bits per heavy atom. The molecule has 0 bridgehead atoms. The number of hydrogen-bond acceptors (Lipinski definition) is 5. The van der Waals surface area contributed by atoms with Gasteiger partial charge in [-0.1, -0.05) is 11.3 Å². The van der Waals surface area contributed by atoms with Gasteiger partial charge in [0.15, 0.2) is 5.82 Å². The van der Waals surface area contributed by atoms with E-state index in [0.717, 1.165) is 28.6 Å². The van der Waals surface area contributed by atoms with Crippen molar-refractivity contribution in [1.82, 2.24) is 19.8 Å². The maximum Gasteiger partial charge on any atom is 0.234 e. The molecule has 0 spiro atoms. The predicted molar refractivity (Wildman–Crippen MR) is 50.8 cm³/mol. The first-order valence-corrected chi connectivity index (χ1v) is 5.00. The van der Waals surface area contributed by atoms with E-state index in [1.165, 1.54) is 0 Å². The minimum Gasteiger partial charge on any atom is -0.330 e. The second-order valence-corrected chi connectivity index (χ2v) is 3.87. The normalized spacial score (nSPS) is 11.2. The van der Waals surface area contributed by atoms with Gasteiger partial charge in [0.25, 0.3) is 0 Å². The van der Waals surface area contributed by atoms with Crippen molar-refractivity contribution in [2.75, 3.05) is 6.54 Å². The first-order chi connectivity index (χ1) is 6.31. The summed E-state index contributed by atoms with van der Waals surface area (Å²) in [6.07, 6.45) is 1.91. The van der Waals surface area contributed by atoms with Crippen molar-refractivity contribution >= 4 is 16.3 Å². The molecule has 2 aromatic rings. The number of aryl methyl sites for hydroxylation is 2. The van der Waals surface area contributed by atoms with Gasteiger partial charge in [0.2, 0.25) is 4.96 Å². The lowest BCUT2D eigenvalue weighted by molar-refractivity contribution is 0.787. The minimum absolute atomic E-state index is 0.707. The highest BCUT2D eigenvalue weighted by molar-refractivity contribution is 7.16. The Kier molecular flexibility index (Phi) is 2.24. The number of fused-ring (bicyclic) bond motifs is 1. The molecule has 0 aromatic carbocycles. The fourth-order valence-corrected chi connectivity index (χ4v) is 2.03. The maximum atomic E-state index is 5.42. The van der Waals surface area contributed by atoms with Gasteiger partial charge >= 0.3 is 0 Å². The molecule has 2 heterocycles. The lowest BCUT2D eigenvalue weighted by Gasteiger charge is -1.89. The van der Waals surface area contributed by atoms with E-state index in [-0.39, 0.29) is 0 Å². The van der Waals surface area contributed by atoms with E-state index in [1.54, 1.807) is 15.9 Å². The molecule has 70 valence electrons. The average Bonchev–Trinajstić information content (AvgIpc) is 2.65. The van der Waals surface area contributed by atoms with Gasteiger partial charge < -0.3 is 5.73 Å². The van der Waals surface area contributed by atoms with Crippen LogP contribution in [-0.4, -0.2) is 26.4 Å². The van der Waals surface area contributed by atoms with Crippen molar-refractivity contribution in [3.05, 3.63) is 10.8 Å². The molecular formula is C7H11N5S. The number of aromatic nitrogens is 4. The summed E-state index contributed by atoms with van der Waals surface area (Å²) >= 11 is 1.58. The molecule has 6 heteroatoms. The van der Waals surface area contributed by atoms with Gasteiger partial charge in [0.05, 0.1) is 0 Å². The Hall–Kier alpha value is -1.01. The molecule has 2 aromatic heterocycles. The summed E-state index contributed by atoms with van der Waals surface area (Å²) in [6.45, 7) is 2.60. The fraction of sp³-hybridized carbons (Fsp3) is 0.571. The average molecular weight is 197 g/mol. The SMILES string of the molecule is Cc1nnc2sc(CCCN)nn12. The summed E-state index contributed by atoms with van der Waals surface area (Å²) in [6, 6.07) is 0. The van der Waals surface area contributed by atoms with E-state index in [4.69, 9.17) is 5.73 Å². The van der Waals surface area contributed by atoms with Crippen molar-refractivity contribution < 1.29 is 0 Å². The lowest BCUT2D eigenvalue weighted by atomic mass is 10.3. The highest BCUT2D eigenvalue weighted by atomic mass is 32.1. The standard InChI is InChI=1S/C7H11N5S/c1-5-9-10-7-12(5)11-6(13-7)3-2-4-8/h2-4,8H2,1H3. The van der Waals surface area contributed by atoms with Gasteiger partial charge in [0.1, 0.15) is 5.01 Å². The zero-order valence-electron chi connectivity index (χ0n) is 7.40. The van der Waals surface area contributed by atoms with Gasteiger partial charge in [-0.05, 0) is 19.9 Å². The first-order valence-electron chi connectivity index (χ1n) is 4.19. The van der Waals surface area contributed by atoms with Crippen LogP contribution in [0.15, 0.2) is 0 Å². The second-order valence-electron chi connectivity index (χ2n) is 2.83. The molecule has 13 heavy (non-hydrogen) atoms. The third kappa shape index (κ3) is 1.54. The fourth-order valence-electron chi connectivity index (χ4n) is 1.11. The summed E-state index contributed by atoms with van der Waals surface area (Å²) in [5.74, 6) is 0.838. The zero-order chi connectivity index (χ0) is 9.26. The van der Waals surface area contributed by atoms with Crippen molar-refractivity contribution in [1.29, 1.82) is 0 Å². The van der Waals surface area contributed by atoms with E-state index in [2.05, 4.69) is 15.3 Å². The Balaban J connectivity index is 2.28. The highest BCUT2D eigenvalue weighted by Crippen LogP contribution is 2.14. The van der Waals surface area contributed by atoms with Crippen molar-refractivity contribution in [3.63, 3.8) is 0 Å². The Morgan fingerprint density at radius 2 is 2.31 bits per heavy atom. The van der Waals surface area contributed by atoms with E-state index < -0.39 is 0 Å². The van der Waals surface area contributed by atoms with E-state index >= 15 is 0 Å². The van der Waals surface area contributed by atoms with Gasteiger partial charge in [-0.3, -0.25) is 0 Å². The molecule has 2 N–H and O–H groups in total. The van der Waals surface area contributed by atoms with Crippen LogP contribution in [-0.2, 0) is 6.42 Å². The van der Waals surface area contributed by atoms with Crippen LogP contribution >= 0.6 is 11.3 Å². The molecule has 0 unspecified atom stereocenters. The topological polar surface area (TPSA) is 69.1 Å². The van der Waals surface area contributed by atoms with Gasteiger partial charge in [-0.2, -0.15) is 9.61 Å². The molecule has 0 amide bonds. The van der Waals surface area contributed by atoms with Gasteiger partial charge in [0, 0.05) is 6.42 Å². The Morgan fingerprint density at radius 1 is 1.46 bits per heavy atom. The smallest absolute Gasteiger partial charge is 0.234 e. The van der Waals surface area contributed by atoms with Crippen molar-refractivity contribution in [2.45, 2.75) is 19.8 Å². The molecule has 0 fully saturated rings. The maximum absolute atomic E-state index is 5.42. The molecule has 0 radical (unpaired) electrons. The molecule has 0 atom stereocenters. The third-order valence-electron chi connectivity index (χ3n) is 1.78. The molecule has 0 aliphatic rings. The van der Waals surface area contributed by atoms with Crippen LogP contribution in [0.2, 0.25) is 0 Å². The van der Waals surface area contributed by atoms with Crippen LogP contribution < -0.4 is 5.73 Å². The van der Waals surface area contributed by atoms with Gasteiger partial charge in [-0.15, -0.1) is 10.2 Å². The number of hydrogen-bond donors (Lipinski definition) is 1. The lowest BCUT2D eigenvalue weighted by Crippen LogP contribution is -2.00. The summed E-state index contributed by atoms with van der Waals surface area (Å²) < 4.78 is 1.77. The Bertz CT molecular complexity index is 404. The Labute approximate surface area is 79.6 Å². The first kappa shape index (κ1) is 8.58. The number of rotatable bonds is 3. The number of nitrogens with two attached hydrogens (primary N) is 1. The molecule has 0 saturated carbocycles. The molecular weight excluding hydrogens is 186 g/mol. The quantitative estimate of drug-likeness (QED) is 0.772. The van der Waals surface area contributed by atoms with Crippen LogP contribution in [0.25, 0.3) is 4.96 Å². The minimum atomic E-state index is 0.707. The summed E-state index contributed by atoms with van der Waals surface area (Å²) in [4.78, 5) is 0.865. The van der Waals surface area contributed by atoms with E-state index in [1.807, 2.05) is 6.92 Å². The molecule has 2 rings (SSSR count). The predicted octanol–water partition coefficient (Wildman–Crippen LogP) is 0.386. The van der Waals surface area contributed by atoms with Crippen LogP contribution in [0.5, 0.6) is 0 Å². The zero-order valence-corrected chi connectivity index (χ0v) is 8.21. The van der Waals surface area contributed by atoms with Crippen LogP contribution in [0.1, 0.15) is 17.3 Å². The van der Waals surface area contributed by atoms with E-state index in [0.29, 0.717) is 6.54 Å². The van der Waals surface area contributed by atoms with Crippen molar-refractivity contribution in [2.24, 2.45) is 5.73 Å². The summed E-state index contributed by atoms with van der Waals surface area (Å²) in [5, 5.41) is 13.3. The second kappa shape index (κ2) is 3.39. The van der Waals surface area contributed by atoms with Crippen LogP contribution in [0, 0.1) is 6.92 Å². The van der Waals surface area contributed by atoms with Gasteiger partial charge in [-0.25, -0.2) is 0 Å².